The summed E-state index contributed by atoms with van der Waals surface area (Å²) < 4.78 is 30.3. The van der Waals surface area contributed by atoms with Crippen molar-refractivity contribution in [2.75, 3.05) is 18.0 Å². The highest BCUT2D eigenvalue weighted by molar-refractivity contribution is 5.94. The second-order valence-corrected chi connectivity index (χ2v) is 11.4. The van der Waals surface area contributed by atoms with Gasteiger partial charge in [-0.2, -0.15) is 0 Å². The second kappa shape index (κ2) is 10.8. The molecule has 7 heteroatoms. The maximum absolute atomic E-state index is 15.1. The number of anilines is 1. The Morgan fingerprint density at radius 2 is 1.74 bits per heavy atom. The van der Waals surface area contributed by atoms with Crippen LogP contribution in [0.3, 0.4) is 0 Å². The maximum Gasteiger partial charge on any atom is 0.270 e. The van der Waals surface area contributed by atoms with Gasteiger partial charge in [-0.05, 0) is 66.0 Å². The van der Waals surface area contributed by atoms with Gasteiger partial charge in [0, 0.05) is 43.1 Å². The number of carbonyl (C=O) groups is 1. The van der Waals surface area contributed by atoms with Crippen LogP contribution in [-0.2, 0) is 18.4 Å². The molecule has 3 heterocycles. The van der Waals surface area contributed by atoms with Crippen molar-refractivity contribution in [3.05, 3.63) is 101 Å². The fourth-order valence-corrected chi connectivity index (χ4v) is 5.42. The third-order valence-corrected chi connectivity index (χ3v) is 7.79. The lowest BCUT2D eigenvalue weighted by molar-refractivity contribution is 0.0943. The Balaban J connectivity index is 1.21. The van der Waals surface area contributed by atoms with Crippen LogP contribution in [0.5, 0.6) is 0 Å². The van der Waals surface area contributed by atoms with E-state index in [4.69, 9.17) is 0 Å². The molecule has 2 aromatic heterocycles. The van der Waals surface area contributed by atoms with E-state index in [9.17, 15) is 9.18 Å². The van der Waals surface area contributed by atoms with Crippen LogP contribution in [0.15, 0.2) is 60.8 Å². The highest BCUT2D eigenvalue weighted by Gasteiger charge is 2.23. The number of aromatic nitrogens is 2. The topological polar surface area (TPSA) is 49.6 Å². The van der Waals surface area contributed by atoms with Crippen molar-refractivity contribution in [1.82, 2.24) is 14.7 Å². The standard InChI is InChI=1S/C32H36F2N4O/c1-5-28-30(38-17-14-25(33)19-29(38)36-28)31(39)35-20-23-7-6-22(18-27(23)34)21-12-15-37(16-13-21)26-10-8-24(9-11-26)32(2,3)4/h6-11,14,17-19,21H,5,12-13,15-16,20H2,1-4H3,(H,35,39). The van der Waals surface area contributed by atoms with E-state index < -0.39 is 5.82 Å². The Morgan fingerprint density at radius 3 is 2.38 bits per heavy atom. The Morgan fingerprint density at radius 1 is 1.03 bits per heavy atom. The van der Waals surface area contributed by atoms with Gasteiger partial charge < -0.3 is 10.2 Å². The Kier molecular flexibility index (Phi) is 7.43. The fourth-order valence-electron chi connectivity index (χ4n) is 5.42. The molecule has 39 heavy (non-hydrogen) atoms. The summed E-state index contributed by atoms with van der Waals surface area (Å²) >= 11 is 0. The van der Waals surface area contributed by atoms with E-state index in [2.05, 4.69) is 60.2 Å². The molecule has 1 fully saturated rings. The molecule has 0 saturated carbocycles. The molecule has 0 bridgehead atoms. The van der Waals surface area contributed by atoms with Gasteiger partial charge in [-0.3, -0.25) is 9.20 Å². The minimum atomic E-state index is -0.412. The number of hydrogen-bond donors (Lipinski definition) is 1. The smallest absolute Gasteiger partial charge is 0.270 e. The number of nitrogens with one attached hydrogen (secondary N) is 1. The Labute approximate surface area is 228 Å². The molecule has 5 rings (SSSR count). The van der Waals surface area contributed by atoms with Crippen LogP contribution in [-0.4, -0.2) is 28.4 Å². The van der Waals surface area contributed by atoms with Gasteiger partial charge in [0.25, 0.3) is 5.91 Å². The number of imidazole rings is 1. The summed E-state index contributed by atoms with van der Waals surface area (Å²) in [6, 6.07) is 16.8. The molecule has 0 unspecified atom stereocenters. The van der Waals surface area contributed by atoms with Crippen LogP contribution >= 0.6 is 0 Å². The van der Waals surface area contributed by atoms with E-state index in [1.165, 1.54) is 29.6 Å². The molecule has 0 spiro atoms. The fraction of sp³-hybridized carbons (Fsp3) is 0.375. The number of halogens is 2. The number of piperidine rings is 1. The van der Waals surface area contributed by atoms with Gasteiger partial charge >= 0.3 is 0 Å². The average molecular weight is 531 g/mol. The Bertz CT molecular complexity index is 1480. The summed E-state index contributed by atoms with van der Waals surface area (Å²) in [6.07, 6.45) is 3.94. The molecule has 0 atom stereocenters. The first kappa shape index (κ1) is 26.9. The molecule has 1 saturated heterocycles. The molecule has 1 N–H and O–H groups in total. The number of amides is 1. The van der Waals surface area contributed by atoms with Crippen LogP contribution in [0.1, 0.15) is 79.3 Å². The average Bonchev–Trinajstić information content (AvgIpc) is 3.29. The summed E-state index contributed by atoms with van der Waals surface area (Å²) in [6.45, 7) is 10.5. The van der Waals surface area contributed by atoms with Crippen LogP contribution < -0.4 is 10.2 Å². The van der Waals surface area contributed by atoms with E-state index >= 15 is 4.39 Å². The van der Waals surface area contributed by atoms with Gasteiger partial charge in [0.1, 0.15) is 23.0 Å². The SMILES string of the molecule is CCc1nc2cc(F)ccn2c1C(=O)NCc1ccc(C2CCN(c3ccc(C(C)(C)C)cc3)CC2)cc1F. The molecular formula is C32H36F2N4O. The number of benzene rings is 2. The van der Waals surface area contributed by atoms with Crippen molar-refractivity contribution in [2.45, 2.75) is 64.8 Å². The predicted molar refractivity (Wildman–Crippen MR) is 151 cm³/mol. The third-order valence-electron chi connectivity index (χ3n) is 7.79. The number of aryl methyl sites for hydroxylation is 1. The number of pyridine rings is 1. The lowest BCUT2D eigenvalue weighted by Crippen LogP contribution is -2.33. The van der Waals surface area contributed by atoms with Crippen molar-refractivity contribution >= 4 is 17.2 Å². The summed E-state index contributed by atoms with van der Waals surface area (Å²) in [7, 11) is 0. The summed E-state index contributed by atoms with van der Waals surface area (Å²) in [5.74, 6) is -0.787. The van der Waals surface area contributed by atoms with Crippen molar-refractivity contribution in [2.24, 2.45) is 0 Å². The maximum atomic E-state index is 15.1. The number of fused-ring (bicyclic) bond motifs is 1. The zero-order valence-corrected chi connectivity index (χ0v) is 23.1. The van der Waals surface area contributed by atoms with Gasteiger partial charge in [0.05, 0.1) is 5.69 Å². The summed E-state index contributed by atoms with van der Waals surface area (Å²) in [5.41, 5.74) is 5.44. The van der Waals surface area contributed by atoms with E-state index in [-0.39, 0.29) is 23.7 Å². The van der Waals surface area contributed by atoms with E-state index in [0.717, 1.165) is 31.5 Å². The molecule has 0 radical (unpaired) electrons. The lowest BCUT2D eigenvalue weighted by atomic mass is 9.86. The van der Waals surface area contributed by atoms with Gasteiger partial charge in [-0.25, -0.2) is 13.8 Å². The predicted octanol–water partition coefficient (Wildman–Crippen LogP) is 6.79. The molecule has 5 nitrogen and oxygen atoms in total. The Hall–Kier alpha value is -3.74. The summed E-state index contributed by atoms with van der Waals surface area (Å²) in [5, 5.41) is 2.82. The minimum absolute atomic E-state index is 0.0610. The van der Waals surface area contributed by atoms with Crippen molar-refractivity contribution < 1.29 is 13.6 Å². The summed E-state index contributed by atoms with van der Waals surface area (Å²) in [4.78, 5) is 19.8. The monoisotopic (exact) mass is 530 g/mol. The van der Waals surface area contributed by atoms with Crippen LogP contribution in [0.2, 0.25) is 0 Å². The molecule has 4 aromatic rings. The largest absolute Gasteiger partial charge is 0.371 e. The van der Waals surface area contributed by atoms with Gasteiger partial charge in [-0.1, -0.05) is 52.0 Å². The quantitative estimate of drug-likeness (QED) is 0.299. The number of hydrogen-bond acceptors (Lipinski definition) is 3. The van der Waals surface area contributed by atoms with Crippen molar-refractivity contribution in [3.8, 4) is 0 Å². The molecular weight excluding hydrogens is 494 g/mol. The van der Waals surface area contributed by atoms with Gasteiger partial charge in [0.15, 0.2) is 0 Å². The lowest BCUT2D eigenvalue weighted by Gasteiger charge is -2.34. The van der Waals surface area contributed by atoms with Crippen LogP contribution in [0.25, 0.3) is 5.65 Å². The molecule has 1 amide bonds. The molecule has 1 aliphatic heterocycles. The molecule has 2 aromatic carbocycles. The highest BCUT2D eigenvalue weighted by Crippen LogP contribution is 2.32. The number of carbonyl (C=O) groups excluding carboxylic acids is 1. The van der Waals surface area contributed by atoms with Gasteiger partial charge in [-0.15, -0.1) is 0 Å². The minimum Gasteiger partial charge on any atom is -0.371 e. The van der Waals surface area contributed by atoms with E-state index in [1.807, 2.05) is 13.0 Å². The van der Waals surface area contributed by atoms with E-state index in [0.29, 0.717) is 34.9 Å². The zero-order chi connectivity index (χ0) is 27.7. The number of nitrogens with zero attached hydrogens (tertiary/aromatic N) is 3. The first-order valence-electron chi connectivity index (χ1n) is 13.7. The van der Waals surface area contributed by atoms with Gasteiger partial charge in [0.2, 0.25) is 0 Å². The highest BCUT2D eigenvalue weighted by atomic mass is 19.1. The van der Waals surface area contributed by atoms with Crippen LogP contribution in [0.4, 0.5) is 14.5 Å². The third kappa shape index (κ3) is 5.68. The first-order valence-corrected chi connectivity index (χ1v) is 13.7. The van der Waals surface area contributed by atoms with Crippen molar-refractivity contribution in [3.63, 3.8) is 0 Å². The second-order valence-electron chi connectivity index (χ2n) is 11.4. The molecule has 0 aliphatic carbocycles. The molecule has 204 valence electrons. The van der Waals surface area contributed by atoms with E-state index in [1.54, 1.807) is 16.5 Å². The van der Waals surface area contributed by atoms with Crippen LogP contribution in [0, 0.1) is 11.6 Å². The zero-order valence-electron chi connectivity index (χ0n) is 23.1. The van der Waals surface area contributed by atoms with Crippen molar-refractivity contribution in [1.29, 1.82) is 0 Å². The normalized spacial score (nSPS) is 14.7. The molecule has 1 aliphatic rings. The first-order chi connectivity index (χ1) is 18.6. The number of rotatable bonds is 6.